The molecule has 1 nitrogen and oxygen atoms in total. The van der Waals surface area contributed by atoms with E-state index in [1.165, 1.54) is 12.1 Å². The van der Waals surface area contributed by atoms with Gasteiger partial charge in [0.25, 0.3) is 0 Å². The number of hydrogen-bond donors (Lipinski definition) is 0. The number of Topliss-reactive ketones (excluding diaryl/α,β-unsaturated/α-hetero) is 1. The van der Waals surface area contributed by atoms with Crippen molar-refractivity contribution in [1.29, 1.82) is 0 Å². The SMILES string of the molecule is O=C(Cc1ccccc1Cl)c1ccccc1F. The quantitative estimate of drug-likeness (QED) is 0.753. The normalized spacial score (nSPS) is 10.2. The third-order valence-corrected chi connectivity index (χ3v) is 2.85. The van der Waals surface area contributed by atoms with E-state index in [0.29, 0.717) is 10.6 Å². The average Bonchev–Trinajstić information content (AvgIpc) is 2.32. The molecule has 0 aliphatic carbocycles. The average molecular weight is 249 g/mol. The first-order valence-corrected chi connectivity index (χ1v) is 5.57. The van der Waals surface area contributed by atoms with E-state index in [-0.39, 0.29) is 17.8 Å². The zero-order valence-corrected chi connectivity index (χ0v) is 9.75. The van der Waals surface area contributed by atoms with Crippen molar-refractivity contribution in [2.24, 2.45) is 0 Å². The number of benzene rings is 2. The van der Waals surface area contributed by atoms with Crippen molar-refractivity contribution in [1.82, 2.24) is 0 Å². The molecule has 0 atom stereocenters. The van der Waals surface area contributed by atoms with Crippen molar-refractivity contribution in [2.75, 3.05) is 0 Å². The van der Waals surface area contributed by atoms with Gasteiger partial charge in [-0.25, -0.2) is 4.39 Å². The van der Waals surface area contributed by atoms with Crippen molar-refractivity contribution in [3.05, 3.63) is 70.5 Å². The number of ketones is 1. The Morgan fingerprint density at radius 2 is 1.71 bits per heavy atom. The highest BCUT2D eigenvalue weighted by Crippen LogP contribution is 2.18. The lowest BCUT2D eigenvalue weighted by Gasteiger charge is -2.04. The molecule has 2 rings (SSSR count). The van der Waals surface area contributed by atoms with E-state index in [4.69, 9.17) is 11.6 Å². The lowest BCUT2D eigenvalue weighted by Crippen LogP contribution is -2.06. The van der Waals surface area contributed by atoms with Crippen LogP contribution in [0.4, 0.5) is 4.39 Å². The van der Waals surface area contributed by atoms with Crippen LogP contribution in [0.3, 0.4) is 0 Å². The van der Waals surface area contributed by atoms with E-state index in [1.807, 2.05) is 0 Å². The maximum absolute atomic E-state index is 13.4. The second-order valence-electron chi connectivity index (χ2n) is 3.67. The van der Waals surface area contributed by atoms with E-state index < -0.39 is 5.82 Å². The van der Waals surface area contributed by atoms with Crippen LogP contribution in [0.1, 0.15) is 15.9 Å². The standard InChI is InChI=1S/C14H10ClFO/c15-12-7-3-1-5-10(12)9-14(17)11-6-2-4-8-13(11)16/h1-8H,9H2. The fourth-order valence-electron chi connectivity index (χ4n) is 1.60. The summed E-state index contributed by atoms with van der Waals surface area (Å²) >= 11 is 5.95. The summed E-state index contributed by atoms with van der Waals surface area (Å²) < 4.78 is 13.4. The van der Waals surface area contributed by atoms with Gasteiger partial charge in [-0.3, -0.25) is 4.79 Å². The fourth-order valence-corrected chi connectivity index (χ4v) is 1.80. The molecule has 86 valence electrons. The summed E-state index contributed by atoms with van der Waals surface area (Å²) in [4.78, 5) is 11.9. The molecule has 0 amide bonds. The summed E-state index contributed by atoms with van der Waals surface area (Å²) in [7, 11) is 0. The number of halogens is 2. The van der Waals surface area contributed by atoms with Crippen LogP contribution in [-0.4, -0.2) is 5.78 Å². The van der Waals surface area contributed by atoms with Crippen molar-refractivity contribution < 1.29 is 9.18 Å². The molecule has 0 aliphatic rings. The van der Waals surface area contributed by atoms with Gasteiger partial charge in [0, 0.05) is 11.4 Å². The molecule has 0 saturated heterocycles. The van der Waals surface area contributed by atoms with Crippen LogP contribution >= 0.6 is 11.6 Å². The molecule has 0 saturated carbocycles. The van der Waals surface area contributed by atoms with E-state index in [1.54, 1.807) is 36.4 Å². The Balaban J connectivity index is 2.24. The minimum absolute atomic E-state index is 0.104. The summed E-state index contributed by atoms with van der Waals surface area (Å²) in [5.74, 6) is -0.763. The summed E-state index contributed by atoms with van der Waals surface area (Å²) in [6, 6.07) is 13.0. The van der Waals surface area contributed by atoms with Gasteiger partial charge in [-0.05, 0) is 23.8 Å². The zero-order chi connectivity index (χ0) is 12.3. The third kappa shape index (κ3) is 2.71. The second kappa shape index (κ2) is 5.11. The maximum Gasteiger partial charge on any atom is 0.170 e. The zero-order valence-electron chi connectivity index (χ0n) is 8.99. The van der Waals surface area contributed by atoms with Gasteiger partial charge in [0.05, 0.1) is 5.56 Å². The highest BCUT2D eigenvalue weighted by atomic mass is 35.5. The lowest BCUT2D eigenvalue weighted by atomic mass is 10.0. The molecule has 0 unspecified atom stereocenters. The minimum Gasteiger partial charge on any atom is -0.294 e. The molecular formula is C14H10ClFO. The van der Waals surface area contributed by atoms with E-state index in [0.717, 1.165) is 0 Å². The Morgan fingerprint density at radius 1 is 1.06 bits per heavy atom. The lowest BCUT2D eigenvalue weighted by molar-refractivity contribution is 0.0989. The molecule has 0 N–H and O–H groups in total. The minimum atomic E-state index is -0.496. The van der Waals surface area contributed by atoms with Crippen LogP contribution in [0, 0.1) is 5.82 Å². The molecule has 17 heavy (non-hydrogen) atoms. The summed E-state index contributed by atoms with van der Waals surface area (Å²) in [6.07, 6.45) is 0.112. The van der Waals surface area contributed by atoms with Gasteiger partial charge in [-0.2, -0.15) is 0 Å². The highest BCUT2D eigenvalue weighted by Gasteiger charge is 2.12. The third-order valence-electron chi connectivity index (χ3n) is 2.48. The smallest absolute Gasteiger partial charge is 0.170 e. The molecule has 2 aromatic rings. The second-order valence-corrected chi connectivity index (χ2v) is 4.08. The summed E-state index contributed by atoms with van der Waals surface area (Å²) in [5, 5.41) is 0.525. The first kappa shape index (κ1) is 11.8. The maximum atomic E-state index is 13.4. The van der Waals surface area contributed by atoms with Crippen LogP contribution in [0.25, 0.3) is 0 Å². The molecule has 0 heterocycles. The fraction of sp³-hybridized carbons (Fsp3) is 0.0714. The monoisotopic (exact) mass is 248 g/mol. The van der Waals surface area contributed by atoms with Gasteiger partial charge in [0.2, 0.25) is 0 Å². The Labute approximate surface area is 104 Å². The van der Waals surface area contributed by atoms with Crippen molar-refractivity contribution >= 4 is 17.4 Å². The van der Waals surface area contributed by atoms with Gasteiger partial charge in [0.1, 0.15) is 5.82 Å². The Morgan fingerprint density at radius 3 is 2.41 bits per heavy atom. The predicted octanol–water partition coefficient (Wildman–Crippen LogP) is 3.90. The van der Waals surface area contributed by atoms with Crippen LogP contribution in [0.2, 0.25) is 5.02 Å². The number of carbonyl (C=O) groups is 1. The van der Waals surface area contributed by atoms with Crippen LogP contribution < -0.4 is 0 Å². The van der Waals surface area contributed by atoms with Crippen LogP contribution in [-0.2, 0) is 6.42 Å². The molecule has 0 bridgehead atoms. The molecule has 2 aromatic carbocycles. The molecule has 0 fully saturated rings. The van der Waals surface area contributed by atoms with Crippen molar-refractivity contribution in [2.45, 2.75) is 6.42 Å². The first-order valence-electron chi connectivity index (χ1n) is 5.19. The highest BCUT2D eigenvalue weighted by molar-refractivity contribution is 6.31. The predicted molar refractivity (Wildman–Crippen MR) is 65.9 cm³/mol. The molecule has 0 spiro atoms. The first-order chi connectivity index (χ1) is 8.18. The molecule has 3 heteroatoms. The van der Waals surface area contributed by atoms with Crippen molar-refractivity contribution in [3.63, 3.8) is 0 Å². The number of rotatable bonds is 3. The van der Waals surface area contributed by atoms with E-state index in [9.17, 15) is 9.18 Å². The summed E-state index contributed by atoms with van der Waals surface area (Å²) in [5.41, 5.74) is 0.815. The molecule has 0 radical (unpaired) electrons. The number of carbonyl (C=O) groups excluding carboxylic acids is 1. The van der Waals surface area contributed by atoms with Crippen molar-refractivity contribution in [3.8, 4) is 0 Å². The molecule has 0 aromatic heterocycles. The van der Waals surface area contributed by atoms with Crippen LogP contribution in [0.5, 0.6) is 0 Å². The van der Waals surface area contributed by atoms with Gasteiger partial charge >= 0.3 is 0 Å². The Hall–Kier alpha value is -1.67. The topological polar surface area (TPSA) is 17.1 Å². The number of hydrogen-bond acceptors (Lipinski definition) is 1. The Bertz CT molecular complexity index is 551. The summed E-state index contributed by atoms with van der Waals surface area (Å²) in [6.45, 7) is 0. The van der Waals surface area contributed by atoms with E-state index in [2.05, 4.69) is 0 Å². The van der Waals surface area contributed by atoms with Crippen LogP contribution in [0.15, 0.2) is 48.5 Å². The largest absolute Gasteiger partial charge is 0.294 e. The van der Waals surface area contributed by atoms with Gasteiger partial charge in [0.15, 0.2) is 5.78 Å². The molecular weight excluding hydrogens is 239 g/mol. The van der Waals surface area contributed by atoms with E-state index >= 15 is 0 Å². The van der Waals surface area contributed by atoms with Gasteiger partial charge in [-0.1, -0.05) is 41.9 Å². The molecule has 0 aliphatic heterocycles. The van der Waals surface area contributed by atoms with Gasteiger partial charge in [-0.15, -0.1) is 0 Å². The van der Waals surface area contributed by atoms with Gasteiger partial charge < -0.3 is 0 Å². The Kier molecular flexibility index (Phi) is 3.55.